The van der Waals surface area contributed by atoms with E-state index in [-0.39, 0.29) is 24.3 Å². The number of carbonyl (C=O) groups excluding carboxylic acids is 2. The van der Waals surface area contributed by atoms with Crippen LogP contribution in [0.25, 0.3) is 0 Å². The molecular weight excluding hydrogens is 170 g/mol. The van der Waals surface area contributed by atoms with Crippen molar-refractivity contribution in [1.82, 2.24) is 10.2 Å². The Morgan fingerprint density at radius 1 is 1.62 bits per heavy atom. The van der Waals surface area contributed by atoms with Crippen LogP contribution in [0.2, 0.25) is 0 Å². The maximum absolute atomic E-state index is 11.5. The highest BCUT2D eigenvalue weighted by Gasteiger charge is 2.36. The van der Waals surface area contributed by atoms with Gasteiger partial charge in [-0.15, -0.1) is 0 Å². The van der Waals surface area contributed by atoms with Gasteiger partial charge >= 0.3 is 0 Å². The van der Waals surface area contributed by atoms with Crippen LogP contribution in [0.1, 0.15) is 13.3 Å². The molecule has 0 aromatic rings. The predicted molar refractivity (Wildman–Crippen MR) is 47.9 cm³/mol. The lowest BCUT2D eigenvalue weighted by Crippen LogP contribution is -2.40. The molecule has 0 saturated carbocycles. The van der Waals surface area contributed by atoms with Gasteiger partial charge in [0.1, 0.15) is 0 Å². The molecule has 1 unspecified atom stereocenters. The fraction of sp³-hybridized carbons (Fsp3) is 0.750. The molecule has 1 aliphatic rings. The Morgan fingerprint density at radius 2 is 2.31 bits per heavy atom. The van der Waals surface area contributed by atoms with Crippen LogP contribution in [-0.2, 0) is 9.59 Å². The van der Waals surface area contributed by atoms with E-state index in [1.54, 1.807) is 6.92 Å². The van der Waals surface area contributed by atoms with Crippen molar-refractivity contribution in [2.24, 2.45) is 5.73 Å². The monoisotopic (exact) mass is 185 g/mol. The molecule has 1 rings (SSSR count). The molecule has 1 atom stereocenters. The molecule has 1 fully saturated rings. The number of imide groups is 1. The Morgan fingerprint density at radius 3 is 2.77 bits per heavy atom. The molecule has 74 valence electrons. The third-order valence-electron chi connectivity index (χ3n) is 2.10. The Balaban J connectivity index is 2.52. The zero-order valence-electron chi connectivity index (χ0n) is 7.75. The average Bonchev–Trinajstić information content (AvgIpc) is 2.38. The quantitative estimate of drug-likeness (QED) is 0.533. The zero-order chi connectivity index (χ0) is 9.84. The van der Waals surface area contributed by atoms with E-state index in [4.69, 9.17) is 5.73 Å². The molecular formula is C8H15N3O2. The van der Waals surface area contributed by atoms with E-state index in [0.717, 1.165) is 0 Å². The lowest BCUT2D eigenvalue weighted by molar-refractivity contribution is -0.138. The molecule has 1 saturated heterocycles. The van der Waals surface area contributed by atoms with Gasteiger partial charge in [0.15, 0.2) is 0 Å². The summed E-state index contributed by atoms with van der Waals surface area (Å²) in [6.45, 7) is 3.30. The summed E-state index contributed by atoms with van der Waals surface area (Å²) in [6.07, 6.45) is 0.271. The predicted octanol–water partition coefficient (Wildman–Crippen LogP) is -1.32. The molecule has 0 aliphatic carbocycles. The minimum atomic E-state index is -0.351. The van der Waals surface area contributed by atoms with Crippen LogP contribution in [0.5, 0.6) is 0 Å². The molecule has 0 bridgehead atoms. The molecule has 3 N–H and O–H groups in total. The van der Waals surface area contributed by atoms with Gasteiger partial charge in [0.2, 0.25) is 11.8 Å². The molecule has 0 spiro atoms. The first-order chi connectivity index (χ1) is 6.20. The first kappa shape index (κ1) is 10.1. The van der Waals surface area contributed by atoms with Crippen LogP contribution >= 0.6 is 0 Å². The second kappa shape index (κ2) is 4.34. The summed E-state index contributed by atoms with van der Waals surface area (Å²) < 4.78 is 0. The lowest BCUT2D eigenvalue weighted by Gasteiger charge is -2.12. The van der Waals surface area contributed by atoms with Gasteiger partial charge in [-0.2, -0.15) is 0 Å². The summed E-state index contributed by atoms with van der Waals surface area (Å²) in [7, 11) is 0. The lowest BCUT2D eigenvalue weighted by atomic mass is 10.2. The van der Waals surface area contributed by atoms with Crippen LogP contribution in [0, 0.1) is 0 Å². The van der Waals surface area contributed by atoms with Crippen LogP contribution in [-0.4, -0.2) is 42.4 Å². The number of nitrogens with zero attached hydrogens (tertiary/aromatic N) is 1. The first-order valence-electron chi connectivity index (χ1n) is 4.48. The van der Waals surface area contributed by atoms with Crippen molar-refractivity contribution in [3.05, 3.63) is 0 Å². The van der Waals surface area contributed by atoms with Gasteiger partial charge in [0, 0.05) is 19.6 Å². The van der Waals surface area contributed by atoms with E-state index in [9.17, 15) is 9.59 Å². The van der Waals surface area contributed by atoms with Gasteiger partial charge in [0.25, 0.3) is 0 Å². The number of nitrogens with two attached hydrogens (primary N) is 1. The summed E-state index contributed by atoms with van der Waals surface area (Å²) in [5.74, 6) is -0.219. The summed E-state index contributed by atoms with van der Waals surface area (Å²) in [5, 5.41) is 2.94. The van der Waals surface area contributed by atoms with Crippen molar-refractivity contribution in [2.75, 3.05) is 19.6 Å². The van der Waals surface area contributed by atoms with E-state index < -0.39 is 0 Å². The van der Waals surface area contributed by atoms with Crippen molar-refractivity contribution in [3.8, 4) is 0 Å². The topological polar surface area (TPSA) is 75.4 Å². The van der Waals surface area contributed by atoms with Gasteiger partial charge in [-0.25, -0.2) is 0 Å². The van der Waals surface area contributed by atoms with Gasteiger partial charge in [-0.1, -0.05) is 0 Å². The van der Waals surface area contributed by atoms with Gasteiger partial charge in [-0.3, -0.25) is 14.5 Å². The van der Waals surface area contributed by atoms with E-state index in [1.165, 1.54) is 4.90 Å². The fourth-order valence-electron chi connectivity index (χ4n) is 1.43. The maximum atomic E-state index is 11.5. The number of rotatable bonds is 4. The highest BCUT2D eigenvalue weighted by atomic mass is 16.2. The van der Waals surface area contributed by atoms with E-state index in [1.807, 2.05) is 0 Å². The van der Waals surface area contributed by atoms with Crippen molar-refractivity contribution in [1.29, 1.82) is 0 Å². The van der Waals surface area contributed by atoms with E-state index >= 15 is 0 Å². The van der Waals surface area contributed by atoms with Crippen molar-refractivity contribution >= 4 is 11.8 Å². The number of amides is 2. The second-order valence-electron chi connectivity index (χ2n) is 2.98. The molecule has 2 amide bonds. The Kier molecular flexibility index (Phi) is 3.39. The third-order valence-corrected chi connectivity index (χ3v) is 2.10. The Bertz CT molecular complexity index is 217. The molecule has 5 nitrogen and oxygen atoms in total. The normalized spacial score (nSPS) is 22.9. The zero-order valence-corrected chi connectivity index (χ0v) is 7.75. The van der Waals surface area contributed by atoms with Crippen LogP contribution in [0.15, 0.2) is 0 Å². The maximum Gasteiger partial charge on any atom is 0.246 e. The van der Waals surface area contributed by atoms with Crippen LogP contribution < -0.4 is 11.1 Å². The first-order valence-corrected chi connectivity index (χ1v) is 4.48. The van der Waals surface area contributed by atoms with Crippen molar-refractivity contribution in [2.45, 2.75) is 19.4 Å². The number of nitrogens with one attached hydrogen (secondary N) is 1. The number of hydrogen-bond donors (Lipinski definition) is 2. The highest BCUT2D eigenvalue weighted by molar-refractivity contribution is 6.05. The van der Waals surface area contributed by atoms with E-state index in [0.29, 0.717) is 19.6 Å². The molecule has 0 aromatic carbocycles. The number of carbonyl (C=O) groups is 2. The Hall–Kier alpha value is -0.940. The van der Waals surface area contributed by atoms with Gasteiger partial charge in [-0.05, 0) is 6.92 Å². The van der Waals surface area contributed by atoms with Crippen LogP contribution in [0.3, 0.4) is 0 Å². The summed E-state index contributed by atoms with van der Waals surface area (Å²) >= 11 is 0. The number of likely N-dealkylation sites (tertiary alicyclic amines) is 1. The summed E-state index contributed by atoms with van der Waals surface area (Å²) in [6, 6.07) is -0.351. The molecule has 1 heterocycles. The molecule has 0 aromatic heterocycles. The van der Waals surface area contributed by atoms with Gasteiger partial charge in [0.05, 0.1) is 12.5 Å². The van der Waals surface area contributed by atoms with Crippen molar-refractivity contribution in [3.63, 3.8) is 0 Å². The number of hydrogen-bond acceptors (Lipinski definition) is 4. The minimum Gasteiger partial charge on any atom is -0.329 e. The smallest absolute Gasteiger partial charge is 0.246 e. The fourth-order valence-corrected chi connectivity index (χ4v) is 1.43. The van der Waals surface area contributed by atoms with Crippen LogP contribution in [0.4, 0.5) is 0 Å². The molecule has 1 aliphatic heterocycles. The second-order valence-corrected chi connectivity index (χ2v) is 2.98. The Labute approximate surface area is 77.3 Å². The highest BCUT2D eigenvalue weighted by Crippen LogP contribution is 2.11. The molecule has 0 radical (unpaired) electrons. The van der Waals surface area contributed by atoms with Crippen molar-refractivity contribution < 1.29 is 9.59 Å². The minimum absolute atomic E-state index is 0.0954. The molecule has 5 heteroatoms. The summed E-state index contributed by atoms with van der Waals surface area (Å²) in [5.41, 5.74) is 5.28. The average molecular weight is 185 g/mol. The largest absolute Gasteiger partial charge is 0.329 e. The number of likely N-dealkylation sites (N-methyl/N-ethyl adjacent to an activating group) is 1. The SMILES string of the molecule is CCN1C(=O)CC(NCCN)C1=O. The van der Waals surface area contributed by atoms with Gasteiger partial charge < -0.3 is 11.1 Å². The standard InChI is InChI=1S/C8H15N3O2/c1-2-11-7(12)5-6(8(11)13)10-4-3-9/h6,10H,2-5,9H2,1H3. The third kappa shape index (κ3) is 2.05. The summed E-state index contributed by atoms with van der Waals surface area (Å²) in [4.78, 5) is 23.9. The molecule has 13 heavy (non-hydrogen) atoms. The van der Waals surface area contributed by atoms with E-state index in [2.05, 4.69) is 5.32 Å².